The van der Waals surface area contributed by atoms with Crippen molar-refractivity contribution in [2.75, 3.05) is 12.3 Å². The highest BCUT2D eigenvalue weighted by Crippen LogP contribution is 2.15. The molecule has 0 amide bonds. The summed E-state index contributed by atoms with van der Waals surface area (Å²) in [6, 6.07) is 10.4. The van der Waals surface area contributed by atoms with Crippen molar-refractivity contribution in [1.82, 2.24) is 20.1 Å². The lowest BCUT2D eigenvalue weighted by molar-refractivity contribution is 0.673. The molecule has 0 fully saturated rings. The fraction of sp³-hybridized carbons (Fsp3) is 0.333. The minimum Gasteiger partial charge on any atom is -0.309 e. The summed E-state index contributed by atoms with van der Waals surface area (Å²) in [7, 11) is 1.88. The molecule has 90 valence electrons. The number of nitrogens with one attached hydrogen (secondary N) is 1. The van der Waals surface area contributed by atoms with E-state index in [-0.39, 0.29) is 0 Å². The van der Waals surface area contributed by atoms with Crippen LogP contribution < -0.4 is 5.32 Å². The number of hydrogen-bond donors (Lipinski definition) is 1. The van der Waals surface area contributed by atoms with E-state index >= 15 is 0 Å². The second-order valence-corrected chi connectivity index (χ2v) is 4.84. The van der Waals surface area contributed by atoms with Gasteiger partial charge in [-0.15, -0.1) is 11.8 Å². The number of thioether (sulfide) groups is 1. The molecule has 1 aromatic carbocycles. The molecule has 5 heteroatoms. The maximum atomic E-state index is 4.20. The Labute approximate surface area is 105 Å². The fourth-order valence-corrected chi connectivity index (χ4v) is 2.25. The van der Waals surface area contributed by atoms with Gasteiger partial charge in [-0.3, -0.25) is 4.68 Å². The average molecular weight is 248 g/mol. The Morgan fingerprint density at radius 3 is 2.82 bits per heavy atom. The van der Waals surface area contributed by atoms with Gasteiger partial charge in [-0.25, -0.2) is 4.98 Å². The van der Waals surface area contributed by atoms with Crippen molar-refractivity contribution in [3.63, 3.8) is 0 Å². The van der Waals surface area contributed by atoms with Gasteiger partial charge in [-0.05, 0) is 12.1 Å². The third-order valence-electron chi connectivity index (χ3n) is 2.22. The third-order valence-corrected chi connectivity index (χ3v) is 3.23. The molecule has 17 heavy (non-hydrogen) atoms. The van der Waals surface area contributed by atoms with Crippen LogP contribution in [0.4, 0.5) is 0 Å². The molecule has 0 aliphatic carbocycles. The number of hydrogen-bond acceptors (Lipinski definition) is 4. The van der Waals surface area contributed by atoms with Crippen LogP contribution in [0.25, 0.3) is 0 Å². The molecule has 1 aromatic heterocycles. The Morgan fingerprint density at radius 2 is 2.12 bits per heavy atom. The van der Waals surface area contributed by atoms with Crippen molar-refractivity contribution >= 4 is 11.8 Å². The van der Waals surface area contributed by atoms with Crippen LogP contribution in [0.1, 0.15) is 5.82 Å². The van der Waals surface area contributed by atoms with Crippen LogP contribution in [0, 0.1) is 0 Å². The van der Waals surface area contributed by atoms with Gasteiger partial charge in [0.15, 0.2) is 5.82 Å². The van der Waals surface area contributed by atoms with Crippen LogP contribution in [-0.2, 0) is 13.6 Å². The summed E-state index contributed by atoms with van der Waals surface area (Å²) in [6.45, 7) is 1.69. The molecule has 1 N–H and O–H groups in total. The largest absolute Gasteiger partial charge is 0.309 e. The molecular formula is C12H16N4S. The first kappa shape index (κ1) is 12.1. The Morgan fingerprint density at radius 1 is 1.29 bits per heavy atom. The van der Waals surface area contributed by atoms with E-state index in [1.54, 1.807) is 11.0 Å². The predicted molar refractivity (Wildman–Crippen MR) is 69.9 cm³/mol. The zero-order chi connectivity index (χ0) is 11.9. The molecule has 0 unspecified atom stereocenters. The van der Waals surface area contributed by atoms with E-state index in [1.807, 2.05) is 24.9 Å². The molecule has 1 heterocycles. The molecule has 2 rings (SSSR count). The van der Waals surface area contributed by atoms with Crippen LogP contribution in [0.15, 0.2) is 41.6 Å². The SMILES string of the molecule is Cn1cnc(CNCCSc2ccccc2)n1. The maximum absolute atomic E-state index is 4.20. The summed E-state index contributed by atoms with van der Waals surface area (Å²) in [6.07, 6.45) is 1.72. The lowest BCUT2D eigenvalue weighted by atomic mass is 10.4. The normalized spacial score (nSPS) is 10.6. The number of benzene rings is 1. The molecule has 0 aliphatic heterocycles. The molecule has 0 atom stereocenters. The summed E-state index contributed by atoms with van der Waals surface area (Å²) in [5, 5.41) is 7.53. The van der Waals surface area contributed by atoms with Crippen molar-refractivity contribution in [3.05, 3.63) is 42.5 Å². The van der Waals surface area contributed by atoms with E-state index in [9.17, 15) is 0 Å². The summed E-state index contributed by atoms with van der Waals surface area (Å²) in [5.41, 5.74) is 0. The number of aromatic nitrogens is 3. The van der Waals surface area contributed by atoms with E-state index in [2.05, 4.69) is 39.7 Å². The monoisotopic (exact) mass is 248 g/mol. The Balaban J connectivity index is 1.61. The molecule has 0 spiro atoms. The minimum absolute atomic E-state index is 0.732. The highest BCUT2D eigenvalue weighted by Gasteiger charge is 1.97. The Kier molecular flexibility index (Phi) is 4.58. The van der Waals surface area contributed by atoms with Crippen molar-refractivity contribution in [3.8, 4) is 0 Å². The molecule has 0 saturated heterocycles. The number of aryl methyl sites for hydroxylation is 1. The molecule has 2 aromatic rings. The van der Waals surface area contributed by atoms with Gasteiger partial charge >= 0.3 is 0 Å². The van der Waals surface area contributed by atoms with Crippen molar-refractivity contribution in [2.45, 2.75) is 11.4 Å². The topological polar surface area (TPSA) is 42.7 Å². The number of nitrogens with zero attached hydrogens (tertiary/aromatic N) is 3. The van der Waals surface area contributed by atoms with Gasteiger partial charge in [-0.1, -0.05) is 18.2 Å². The van der Waals surface area contributed by atoms with E-state index in [0.717, 1.165) is 24.7 Å². The highest BCUT2D eigenvalue weighted by molar-refractivity contribution is 7.99. The molecule has 0 aliphatic rings. The van der Waals surface area contributed by atoms with Gasteiger partial charge in [0.05, 0.1) is 6.54 Å². The van der Waals surface area contributed by atoms with Crippen LogP contribution >= 0.6 is 11.8 Å². The zero-order valence-electron chi connectivity index (χ0n) is 9.84. The van der Waals surface area contributed by atoms with Gasteiger partial charge in [0.25, 0.3) is 0 Å². The second kappa shape index (κ2) is 6.42. The van der Waals surface area contributed by atoms with Gasteiger partial charge in [0.2, 0.25) is 0 Å². The van der Waals surface area contributed by atoms with Crippen molar-refractivity contribution < 1.29 is 0 Å². The molecule has 0 saturated carbocycles. The molecule has 0 bridgehead atoms. The molecule has 0 radical (unpaired) electrons. The van der Waals surface area contributed by atoms with Crippen LogP contribution in [0.3, 0.4) is 0 Å². The van der Waals surface area contributed by atoms with Gasteiger partial charge in [0.1, 0.15) is 6.33 Å². The first-order chi connectivity index (χ1) is 8.34. The van der Waals surface area contributed by atoms with Gasteiger partial charge in [-0.2, -0.15) is 5.10 Å². The predicted octanol–water partition coefficient (Wildman–Crippen LogP) is 1.70. The second-order valence-electron chi connectivity index (χ2n) is 3.67. The van der Waals surface area contributed by atoms with Crippen molar-refractivity contribution in [1.29, 1.82) is 0 Å². The third kappa shape index (κ3) is 4.20. The van der Waals surface area contributed by atoms with Crippen LogP contribution in [-0.4, -0.2) is 27.1 Å². The lowest BCUT2D eigenvalue weighted by Gasteiger charge is -2.02. The van der Waals surface area contributed by atoms with E-state index in [4.69, 9.17) is 0 Å². The summed E-state index contributed by atoms with van der Waals surface area (Å²) < 4.78 is 1.72. The summed E-state index contributed by atoms with van der Waals surface area (Å²) in [4.78, 5) is 5.46. The van der Waals surface area contributed by atoms with Crippen LogP contribution in [0.5, 0.6) is 0 Å². The Hall–Kier alpha value is -1.33. The standard InChI is InChI=1S/C12H16N4S/c1-16-10-14-12(15-16)9-13-7-8-17-11-5-3-2-4-6-11/h2-6,10,13H,7-9H2,1H3. The Bertz CT molecular complexity index is 441. The first-order valence-electron chi connectivity index (χ1n) is 5.57. The quantitative estimate of drug-likeness (QED) is 0.624. The molecular weight excluding hydrogens is 232 g/mol. The maximum Gasteiger partial charge on any atom is 0.164 e. The highest BCUT2D eigenvalue weighted by atomic mass is 32.2. The molecule has 4 nitrogen and oxygen atoms in total. The van der Waals surface area contributed by atoms with Crippen molar-refractivity contribution in [2.24, 2.45) is 7.05 Å². The first-order valence-corrected chi connectivity index (χ1v) is 6.56. The smallest absolute Gasteiger partial charge is 0.164 e. The fourth-order valence-electron chi connectivity index (χ4n) is 1.42. The summed E-state index contributed by atoms with van der Waals surface area (Å²) >= 11 is 1.85. The average Bonchev–Trinajstić information content (AvgIpc) is 2.76. The summed E-state index contributed by atoms with van der Waals surface area (Å²) in [5.74, 6) is 1.90. The lowest BCUT2D eigenvalue weighted by Crippen LogP contribution is -2.17. The van der Waals surface area contributed by atoms with E-state index < -0.39 is 0 Å². The zero-order valence-corrected chi connectivity index (χ0v) is 10.7. The van der Waals surface area contributed by atoms with E-state index in [0.29, 0.717) is 0 Å². The van der Waals surface area contributed by atoms with Crippen LogP contribution in [0.2, 0.25) is 0 Å². The minimum atomic E-state index is 0.732. The van der Waals surface area contributed by atoms with Gasteiger partial charge in [0, 0.05) is 24.2 Å². The van der Waals surface area contributed by atoms with Gasteiger partial charge < -0.3 is 5.32 Å². The van der Waals surface area contributed by atoms with E-state index in [1.165, 1.54) is 4.90 Å². The number of rotatable bonds is 6.